The summed E-state index contributed by atoms with van der Waals surface area (Å²) in [5, 5.41) is 11.8. The Balaban J connectivity index is 1.66. The monoisotopic (exact) mass is 440 g/mol. The maximum Gasteiger partial charge on any atom is 0.234 e. The first kappa shape index (κ1) is 22.6. The van der Waals surface area contributed by atoms with Crippen LogP contribution in [-0.4, -0.2) is 26.4 Å². The molecule has 2 aromatic carbocycles. The van der Waals surface area contributed by atoms with Crippen molar-refractivity contribution in [1.29, 1.82) is 0 Å². The summed E-state index contributed by atoms with van der Waals surface area (Å²) in [4.78, 5) is 12.4. The fourth-order valence-electron chi connectivity index (χ4n) is 3.05. The van der Waals surface area contributed by atoms with E-state index in [1.807, 2.05) is 43.5 Å². The molecule has 1 heterocycles. The van der Waals surface area contributed by atoms with Gasteiger partial charge in [-0.15, -0.1) is 16.8 Å². The molecule has 0 saturated carbocycles. The Morgan fingerprint density at radius 1 is 1.19 bits per heavy atom. The lowest BCUT2D eigenvalue weighted by atomic mass is 10.1. The SMILES string of the molecule is C=CCn1c(COc2c(C)cccc2C)nnc1SCC(=O)Nc1cc(F)ccc1C. The van der Waals surface area contributed by atoms with E-state index in [9.17, 15) is 9.18 Å². The van der Waals surface area contributed by atoms with Crippen LogP contribution in [0, 0.1) is 26.6 Å². The molecule has 0 spiro atoms. The lowest BCUT2D eigenvalue weighted by Gasteiger charge is -2.13. The minimum absolute atomic E-state index is 0.114. The van der Waals surface area contributed by atoms with Crippen molar-refractivity contribution >= 4 is 23.4 Å². The summed E-state index contributed by atoms with van der Waals surface area (Å²) in [6.07, 6.45) is 1.74. The van der Waals surface area contributed by atoms with E-state index in [1.165, 1.54) is 23.9 Å². The van der Waals surface area contributed by atoms with Crippen molar-refractivity contribution in [2.45, 2.75) is 39.1 Å². The zero-order valence-electron chi connectivity index (χ0n) is 17.8. The Kier molecular flexibility index (Phi) is 7.46. The van der Waals surface area contributed by atoms with Gasteiger partial charge in [-0.05, 0) is 49.6 Å². The summed E-state index contributed by atoms with van der Waals surface area (Å²) in [7, 11) is 0. The molecule has 0 radical (unpaired) electrons. The quantitative estimate of drug-likeness (QED) is 0.381. The molecule has 0 saturated heterocycles. The van der Waals surface area contributed by atoms with Gasteiger partial charge in [0.25, 0.3) is 0 Å². The zero-order valence-corrected chi connectivity index (χ0v) is 18.6. The third-order valence-electron chi connectivity index (χ3n) is 4.67. The summed E-state index contributed by atoms with van der Waals surface area (Å²) in [6.45, 7) is 10.3. The third kappa shape index (κ3) is 5.73. The molecule has 0 fully saturated rings. The molecular formula is C23H25FN4O2S. The van der Waals surface area contributed by atoms with E-state index < -0.39 is 5.82 Å². The first-order valence-corrected chi connectivity index (χ1v) is 10.8. The number of anilines is 1. The van der Waals surface area contributed by atoms with E-state index in [0.29, 0.717) is 23.2 Å². The fraction of sp³-hybridized carbons (Fsp3) is 0.261. The highest BCUT2D eigenvalue weighted by Crippen LogP contribution is 2.24. The molecule has 1 amide bonds. The Bertz CT molecular complexity index is 1080. The van der Waals surface area contributed by atoms with Gasteiger partial charge in [0.2, 0.25) is 5.91 Å². The predicted octanol–water partition coefficient (Wildman–Crippen LogP) is 4.84. The van der Waals surface area contributed by atoms with Crippen molar-refractivity contribution in [3.63, 3.8) is 0 Å². The molecule has 0 unspecified atom stereocenters. The Morgan fingerprint density at radius 3 is 2.65 bits per heavy atom. The Labute approximate surface area is 185 Å². The molecule has 1 N–H and O–H groups in total. The van der Waals surface area contributed by atoms with Gasteiger partial charge >= 0.3 is 0 Å². The summed E-state index contributed by atoms with van der Waals surface area (Å²) in [5.41, 5.74) is 3.35. The van der Waals surface area contributed by atoms with Crippen LogP contribution in [0.4, 0.5) is 10.1 Å². The number of benzene rings is 2. The van der Waals surface area contributed by atoms with Gasteiger partial charge in [-0.1, -0.05) is 42.1 Å². The van der Waals surface area contributed by atoms with E-state index >= 15 is 0 Å². The second kappa shape index (κ2) is 10.3. The smallest absolute Gasteiger partial charge is 0.234 e. The lowest BCUT2D eigenvalue weighted by Crippen LogP contribution is -2.16. The van der Waals surface area contributed by atoms with Crippen molar-refractivity contribution in [3.8, 4) is 5.75 Å². The van der Waals surface area contributed by atoms with Gasteiger partial charge in [0.15, 0.2) is 11.0 Å². The molecule has 31 heavy (non-hydrogen) atoms. The topological polar surface area (TPSA) is 69.0 Å². The highest BCUT2D eigenvalue weighted by molar-refractivity contribution is 7.99. The summed E-state index contributed by atoms with van der Waals surface area (Å²) in [5.74, 6) is 0.942. The van der Waals surface area contributed by atoms with Crippen LogP contribution in [0.3, 0.4) is 0 Å². The van der Waals surface area contributed by atoms with Gasteiger partial charge in [0.05, 0.1) is 5.75 Å². The van der Waals surface area contributed by atoms with Crippen LogP contribution < -0.4 is 10.1 Å². The number of carbonyl (C=O) groups excluding carboxylic acids is 1. The van der Waals surface area contributed by atoms with Crippen LogP contribution >= 0.6 is 11.8 Å². The number of thioether (sulfide) groups is 1. The second-order valence-corrected chi connectivity index (χ2v) is 8.05. The number of hydrogen-bond donors (Lipinski definition) is 1. The summed E-state index contributed by atoms with van der Waals surface area (Å²) in [6, 6.07) is 10.3. The van der Waals surface area contributed by atoms with E-state index in [2.05, 4.69) is 22.1 Å². The van der Waals surface area contributed by atoms with E-state index in [0.717, 1.165) is 22.4 Å². The molecule has 0 bridgehead atoms. The van der Waals surface area contributed by atoms with Crippen LogP contribution in [0.5, 0.6) is 5.75 Å². The molecule has 8 heteroatoms. The molecule has 1 aromatic heterocycles. The van der Waals surface area contributed by atoms with Crippen LogP contribution in [0.15, 0.2) is 54.2 Å². The van der Waals surface area contributed by atoms with Crippen LogP contribution in [0.1, 0.15) is 22.5 Å². The molecular weight excluding hydrogens is 415 g/mol. The average molecular weight is 441 g/mol. The number of aromatic nitrogens is 3. The number of aryl methyl sites for hydroxylation is 3. The molecule has 162 valence electrons. The minimum Gasteiger partial charge on any atom is -0.485 e. The number of rotatable bonds is 9. The fourth-order valence-corrected chi connectivity index (χ4v) is 3.82. The third-order valence-corrected chi connectivity index (χ3v) is 5.63. The van der Waals surface area contributed by atoms with Crippen molar-refractivity contribution in [1.82, 2.24) is 14.8 Å². The van der Waals surface area contributed by atoms with Crippen molar-refractivity contribution < 1.29 is 13.9 Å². The predicted molar refractivity (Wildman–Crippen MR) is 121 cm³/mol. The van der Waals surface area contributed by atoms with Crippen LogP contribution in [0.2, 0.25) is 0 Å². The Hall–Kier alpha value is -3.13. The number of halogens is 1. The van der Waals surface area contributed by atoms with Crippen molar-refractivity contribution in [3.05, 3.63) is 77.4 Å². The van der Waals surface area contributed by atoms with Gasteiger partial charge in [-0.3, -0.25) is 9.36 Å². The minimum atomic E-state index is -0.396. The number of carbonyl (C=O) groups is 1. The summed E-state index contributed by atoms with van der Waals surface area (Å²) < 4.78 is 21.3. The molecule has 0 aliphatic heterocycles. The number of nitrogens with one attached hydrogen (secondary N) is 1. The molecule has 0 aliphatic carbocycles. The van der Waals surface area contributed by atoms with Gasteiger partial charge in [0.1, 0.15) is 18.2 Å². The number of amides is 1. The van der Waals surface area contributed by atoms with E-state index in [1.54, 1.807) is 12.1 Å². The molecule has 0 atom stereocenters. The molecule has 6 nitrogen and oxygen atoms in total. The summed E-state index contributed by atoms with van der Waals surface area (Å²) >= 11 is 1.25. The zero-order chi connectivity index (χ0) is 22.4. The molecule has 3 aromatic rings. The average Bonchev–Trinajstić information content (AvgIpc) is 3.11. The standard InChI is InChI=1S/C23H25FN4O2S/c1-5-11-28-20(13-30-22-16(3)7-6-8-17(22)4)26-27-23(28)31-14-21(29)25-19-12-18(24)10-9-15(19)2/h5-10,12H,1,11,13-14H2,2-4H3,(H,25,29). The number of ether oxygens (including phenoxy) is 1. The van der Waals surface area contributed by atoms with E-state index in [-0.39, 0.29) is 18.3 Å². The van der Waals surface area contributed by atoms with Gasteiger partial charge < -0.3 is 10.1 Å². The van der Waals surface area contributed by atoms with Crippen molar-refractivity contribution in [2.75, 3.05) is 11.1 Å². The molecule has 3 rings (SSSR count). The largest absolute Gasteiger partial charge is 0.485 e. The number of allylic oxidation sites excluding steroid dienone is 1. The number of para-hydroxylation sites is 1. The highest BCUT2D eigenvalue weighted by atomic mass is 32.2. The normalized spacial score (nSPS) is 10.7. The number of hydrogen-bond acceptors (Lipinski definition) is 5. The van der Waals surface area contributed by atoms with Crippen LogP contribution in [0.25, 0.3) is 0 Å². The maximum absolute atomic E-state index is 13.4. The lowest BCUT2D eigenvalue weighted by molar-refractivity contribution is -0.113. The maximum atomic E-state index is 13.4. The first-order chi connectivity index (χ1) is 14.9. The number of nitrogens with zero attached hydrogens (tertiary/aromatic N) is 3. The van der Waals surface area contributed by atoms with Crippen molar-refractivity contribution in [2.24, 2.45) is 0 Å². The van der Waals surface area contributed by atoms with Crippen LogP contribution in [-0.2, 0) is 17.9 Å². The first-order valence-electron chi connectivity index (χ1n) is 9.80. The molecule has 0 aliphatic rings. The van der Waals surface area contributed by atoms with Gasteiger partial charge in [-0.25, -0.2) is 4.39 Å². The highest BCUT2D eigenvalue weighted by Gasteiger charge is 2.15. The van der Waals surface area contributed by atoms with Gasteiger partial charge in [0, 0.05) is 12.2 Å². The van der Waals surface area contributed by atoms with Gasteiger partial charge in [-0.2, -0.15) is 0 Å². The van der Waals surface area contributed by atoms with E-state index in [4.69, 9.17) is 4.74 Å². The second-order valence-electron chi connectivity index (χ2n) is 7.10. The Morgan fingerprint density at radius 2 is 1.94 bits per heavy atom.